The Hall–Kier alpha value is -3.97. The third-order valence-electron chi connectivity index (χ3n) is 5.14. The summed E-state index contributed by atoms with van der Waals surface area (Å²) in [6, 6.07) is 18.6. The fourth-order valence-corrected chi connectivity index (χ4v) is 3.34. The van der Waals surface area contributed by atoms with Crippen molar-refractivity contribution >= 4 is 17.5 Å². The summed E-state index contributed by atoms with van der Waals surface area (Å²) in [6.07, 6.45) is 5.26. The number of benzene rings is 2. The van der Waals surface area contributed by atoms with E-state index >= 15 is 0 Å². The maximum Gasteiger partial charge on any atom is 0.253 e. The first-order chi connectivity index (χ1) is 15.5. The molecule has 1 amide bonds. The van der Waals surface area contributed by atoms with Crippen LogP contribution in [0.15, 0.2) is 79.3 Å². The molecule has 7 heteroatoms. The van der Waals surface area contributed by atoms with Gasteiger partial charge in [-0.25, -0.2) is 4.98 Å². The van der Waals surface area contributed by atoms with Gasteiger partial charge in [-0.3, -0.25) is 4.79 Å². The molecule has 2 heterocycles. The second kappa shape index (κ2) is 9.45. The largest absolute Gasteiger partial charge is 0.394 e. The summed E-state index contributed by atoms with van der Waals surface area (Å²) in [4.78, 5) is 21.8. The first-order valence-electron chi connectivity index (χ1n) is 10.4. The van der Waals surface area contributed by atoms with Gasteiger partial charge in [0.25, 0.3) is 5.91 Å². The van der Waals surface area contributed by atoms with Crippen molar-refractivity contribution in [1.29, 1.82) is 0 Å². The summed E-state index contributed by atoms with van der Waals surface area (Å²) >= 11 is 0. The van der Waals surface area contributed by atoms with Crippen LogP contribution in [-0.2, 0) is 0 Å². The van der Waals surface area contributed by atoms with Crippen molar-refractivity contribution in [3.05, 3.63) is 102 Å². The fraction of sp³-hybridized carbons (Fsp3) is 0.160. The molecule has 7 nitrogen and oxygen atoms in total. The molecule has 0 fully saturated rings. The van der Waals surface area contributed by atoms with Crippen LogP contribution < -0.4 is 10.6 Å². The highest BCUT2D eigenvalue weighted by Gasteiger charge is 2.16. The zero-order valence-electron chi connectivity index (χ0n) is 18.0. The predicted octanol–water partition coefficient (Wildman–Crippen LogP) is 4.09. The van der Waals surface area contributed by atoms with Crippen LogP contribution in [-0.4, -0.2) is 32.2 Å². The summed E-state index contributed by atoms with van der Waals surface area (Å²) in [5.74, 6) is 0.880. The van der Waals surface area contributed by atoms with Crippen molar-refractivity contribution in [2.24, 2.45) is 0 Å². The molecule has 32 heavy (non-hydrogen) atoms. The number of nitrogens with zero attached hydrogens (tertiary/aromatic N) is 3. The van der Waals surface area contributed by atoms with Crippen LogP contribution in [0.25, 0.3) is 5.82 Å². The topological polar surface area (TPSA) is 92.1 Å². The lowest BCUT2D eigenvalue weighted by molar-refractivity contribution is 0.0916. The number of rotatable bonds is 7. The van der Waals surface area contributed by atoms with Crippen molar-refractivity contribution < 1.29 is 9.90 Å². The van der Waals surface area contributed by atoms with E-state index in [-0.39, 0.29) is 12.5 Å². The molecule has 162 valence electrons. The highest BCUT2D eigenvalue weighted by molar-refractivity contribution is 5.94. The summed E-state index contributed by atoms with van der Waals surface area (Å²) in [7, 11) is 0. The zero-order valence-corrected chi connectivity index (χ0v) is 18.0. The molecule has 4 rings (SSSR count). The Balaban J connectivity index is 1.52. The number of aryl methyl sites for hydroxylation is 2. The Labute approximate surface area is 186 Å². The Morgan fingerprint density at radius 2 is 1.81 bits per heavy atom. The van der Waals surface area contributed by atoms with Gasteiger partial charge in [0.05, 0.1) is 18.2 Å². The van der Waals surface area contributed by atoms with E-state index in [0.29, 0.717) is 17.3 Å². The van der Waals surface area contributed by atoms with Crippen molar-refractivity contribution in [1.82, 2.24) is 19.9 Å². The van der Waals surface area contributed by atoms with Gasteiger partial charge in [-0.1, -0.05) is 48.0 Å². The third kappa shape index (κ3) is 4.84. The van der Waals surface area contributed by atoms with Gasteiger partial charge in [-0.15, -0.1) is 0 Å². The molecule has 0 saturated heterocycles. The van der Waals surface area contributed by atoms with E-state index in [1.165, 1.54) is 5.56 Å². The third-order valence-corrected chi connectivity index (χ3v) is 5.14. The molecule has 4 aromatic rings. The predicted molar refractivity (Wildman–Crippen MR) is 124 cm³/mol. The number of anilines is 2. The number of aliphatic hydroxyl groups excluding tert-OH is 1. The molecular formula is C25H25N5O2. The van der Waals surface area contributed by atoms with Crippen molar-refractivity contribution in [2.45, 2.75) is 19.9 Å². The molecule has 2 aromatic heterocycles. The molecule has 0 aliphatic carbocycles. The van der Waals surface area contributed by atoms with Crippen LogP contribution in [0, 0.1) is 13.8 Å². The number of hydrogen-bond donors (Lipinski definition) is 3. The van der Waals surface area contributed by atoms with Gasteiger partial charge in [-0.2, -0.15) is 4.98 Å². The van der Waals surface area contributed by atoms with E-state index < -0.39 is 6.04 Å². The second-order valence-corrected chi connectivity index (χ2v) is 7.62. The minimum Gasteiger partial charge on any atom is -0.394 e. The standard InChI is InChI=1S/C25H25N5O2/c1-17-8-10-21(11-9-17)27-25-26-14-18(2)23(29-25)30-13-12-20(15-30)24(32)28-22(16-31)19-6-4-3-5-7-19/h3-15,22,31H,16H2,1-2H3,(H,28,32)(H,26,27,29). The maximum atomic E-state index is 12.8. The number of aliphatic hydroxyl groups is 1. The lowest BCUT2D eigenvalue weighted by atomic mass is 10.1. The summed E-state index contributed by atoms with van der Waals surface area (Å²) in [6.45, 7) is 3.77. The first-order valence-corrected chi connectivity index (χ1v) is 10.4. The van der Waals surface area contributed by atoms with Gasteiger partial charge in [0.15, 0.2) is 0 Å². The summed E-state index contributed by atoms with van der Waals surface area (Å²) in [5, 5.41) is 15.8. The minimum atomic E-state index is -0.474. The van der Waals surface area contributed by atoms with E-state index in [0.717, 1.165) is 16.8 Å². The van der Waals surface area contributed by atoms with E-state index in [2.05, 4.69) is 20.6 Å². The van der Waals surface area contributed by atoms with E-state index in [1.54, 1.807) is 29.2 Å². The number of hydrogen-bond acceptors (Lipinski definition) is 5. The van der Waals surface area contributed by atoms with E-state index in [4.69, 9.17) is 0 Å². The number of carbonyl (C=O) groups is 1. The second-order valence-electron chi connectivity index (χ2n) is 7.62. The Bertz CT molecular complexity index is 1200. The van der Waals surface area contributed by atoms with Gasteiger partial charge >= 0.3 is 0 Å². The monoisotopic (exact) mass is 427 g/mol. The van der Waals surface area contributed by atoms with Crippen LogP contribution in [0.5, 0.6) is 0 Å². The van der Waals surface area contributed by atoms with Gasteiger partial charge in [0, 0.05) is 29.8 Å². The molecule has 1 unspecified atom stereocenters. The maximum absolute atomic E-state index is 12.8. The van der Waals surface area contributed by atoms with Crippen LogP contribution in [0.4, 0.5) is 11.6 Å². The highest BCUT2D eigenvalue weighted by atomic mass is 16.3. The molecule has 0 radical (unpaired) electrons. The van der Waals surface area contributed by atoms with Gasteiger partial charge < -0.3 is 20.3 Å². The number of amides is 1. The number of aromatic nitrogens is 3. The average Bonchev–Trinajstić information content (AvgIpc) is 3.31. The SMILES string of the molecule is Cc1ccc(Nc2ncc(C)c(-n3ccc(C(=O)NC(CO)c4ccccc4)c3)n2)cc1. The van der Waals surface area contributed by atoms with Crippen molar-refractivity contribution in [3.63, 3.8) is 0 Å². The smallest absolute Gasteiger partial charge is 0.253 e. The molecule has 1 atom stereocenters. The first kappa shape index (κ1) is 21.3. The summed E-state index contributed by atoms with van der Waals surface area (Å²) in [5.41, 5.74) is 4.27. The van der Waals surface area contributed by atoms with Gasteiger partial charge in [0.2, 0.25) is 5.95 Å². The number of carbonyl (C=O) groups excluding carboxylic acids is 1. The number of nitrogens with one attached hydrogen (secondary N) is 2. The molecule has 0 bridgehead atoms. The molecule has 0 saturated carbocycles. The van der Waals surface area contributed by atoms with Crippen molar-refractivity contribution in [3.8, 4) is 5.82 Å². The lowest BCUT2D eigenvalue weighted by Gasteiger charge is -2.16. The Morgan fingerprint density at radius 1 is 1.06 bits per heavy atom. The molecule has 0 aliphatic rings. The zero-order chi connectivity index (χ0) is 22.5. The van der Waals surface area contributed by atoms with Gasteiger partial charge in [-0.05, 0) is 37.6 Å². The molecule has 3 N–H and O–H groups in total. The van der Waals surface area contributed by atoms with E-state index in [9.17, 15) is 9.90 Å². The normalized spacial score (nSPS) is 11.7. The van der Waals surface area contributed by atoms with Crippen LogP contribution >= 0.6 is 0 Å². The lowest BCUT2D eigenvalue weighted by Crippen LogP contribution is -2.30. The Kier molecular flexibility index (Phi) is 6.28. The minimum absolute atomic E-state index is 0.185. The molecule has 0 aliphatic heterocycles. The molecule has 2 aromatic carbocycles. The Morgan fingerprint density at radius 3 is 2.53 bits per heavy atom. The highest BCUT2D eigenvalue weighted by Crippen LogP contribution is 2.19. The van der Waals surface area contributed by atoms with Crippen LogP contribution in [0.1, 0.15) is 33.1 Å². The fourth-order valence-electron chi connectivity index (χ4n) is 3.34. The quantitative estimate of drug-likeness (QED) is 0.413. The van der Waals surface area contributed by atoms with Crippen molar-refractivity contribution in [2.75, 3.05) is 11.9 Å². The van der Waals surface area contributed by atoms with Crippen LogP contribution in [0.2, 0.25) is 0 Å². The van der Waals surface area contributed by atoms with Gasteiger partial charge in [0.1, 0.15) is 5.82 Å². The molecule has 0 spiro atoms. The van der Waals surface area contributed by atoms with E-state index in [1.807, 2.05) is 68.4 Å². The average molecular weight is 428 g/mol. The van der Waals surface area contributed by atoms with Crippen LogP contribution in [0.3, 0.4) is 0 Å². The summed E-state index contributed by atoms with van der Waals surface area (Å²) < 4.78 is 1.79. The molecular weight excluding hydrogens is 402 g/mol.